The monoisotopic (exact) mass is 302 g/mol. The third-order valence-corrected chi connectivity index (χ3v) is 4.37. The predicted molar refractivity (Wildman–Crippen MR) is 73.9 cm³/mol. The van der Waals surface area contributed by atoms with E-state index in [0.29, 0.717) is 6.42 Å². The fourth-order valence-electron chi connectivity index (χ4n) is 1.39. The van der Waals surface area contributed by atoms with Gasteiger partial charge in [0.2, 0.25) is 10.0 Å². The van der Waals surface area contributed by atoms with Gasteiger partial charge < -0.3 is 15.9 Å². The van der Waals surface area contributed by atoms with Gasteiger partial charge in [0.1, 0.15) is 0 Å². The lowest BCUT2D eigenvalue weighted by Crippen LogP contribution is -2.40. The Morgan fingerprint density at radius 3 is 2.55 bits per heavy atom. The first-order chi connectivity index (χ1) is 9.09. The zero-order chi connectivity index (χ0) is 15.6. The van der Waals surface area contributed by atoms with Crippen molar-refractivity contribution in [2.45, 2.75) is 30.8 Å². The number of nitrogens with one attached hydrogen (secondary N) is 1. The number of hydrogen-bond acceptors (Lipinski definition) is 5. The van der Waals surface area contributed by atoms with Crippen LogP contribution in [0.25, 0.3) is 0 Å². The molecule has 0 aliphatic carbocycles. The van der Waals surface area contributed by atoms with Gasteiger partial charge in [-0.05, 0) is 31.5 Å². The zero-order valence-corrected chi connectivity index (χ0v) is 12.1. The summed E-state index contributed by atoms with van der Waals surface area (Å²) in [6, 6.07) is 3.52. The SMILES string of the molecule is CCC(C)(O)CNS(=O)(=O)c1cc(N)ccc1C(=O)O. The van der Waals surface area contributed by atoms with E-state index in [-0.39, 0.29) is 17.8 Å². The Bertz CT molecular complexity index is 610. The van der Waals surface area contributed by atoms with Crippen LogP contribution in [0.2, 0.25) is 0 Å². The molecule has 1 unspecified atom stereocenters. The number of hydrogen-bond donors (Lipinski definition) is 4. The molecule has 0 aliphatic heterocycles. The van der Waals surface area contributed by atoms with Crippen molar-refractivity contribution >= 4 is 21.7 Å². The minimum Gasteiger partial charge on any atom is -0.478 e. The fraction of sp³-hybridized carbons (Fsp3) is 0.417. The van der Waals surface area contributed by atoms with Gasteiger partial charge in [0.15, 0.2) is 0 Å². The van der Waals surface area contributed by atoms with Crippen LogP contribution in [0.15, 0.2) is 23.1 Å². The zero-order valence-electron chi connectivity index (χ0n) is 11.3. The van der Waals surface area contributed by atoms with Gasteiger partial charge in [-0.25, -0.2) is 17.9 Å². The molecule has 8 heteroatoms. The van der Waals surface area contributed by atoms with Crippen LogP contribution in [0.1, 0.15) is 30.6 Å². The molecule has 0 saturated heterocycles. The van der Waals surface area contributed by atoms with E-state index in [1.807, 2.05) is 0 Å². The Morgan fingerprint density at radius 2 is 2.05 bits per heavy atom. The molecule has 20 heavy (non-hydrogen) atoms. The molecule has 1 aromatic rings. The molecule has 0 amide bonds. The number of sulfonamides is 1. The normalized spacial score (nSPS) is 14.8. The molecule has 7 nitrogen and oxygen atoms in total. The third kappa shape index (κ3) is 3.92. The van der Waals surface area contributed by atoms with Crippen molar-refractivity contribution in [3.63, 3.8) is 0 Å². The largest absolute Gasteiger partial charge is 0.478 e. The Hall–Kier alpha value is -1.64. The fourth-order valence-corrected chi connectivity index (χ4v) is 2.78. The number of rotatable bonds is 6. The van der Waals surface area contributed by atoms with Gasteiger partial charge in [-0.3, -0.25) is 0 Å². The van der Waals surface area contributed by atoms with Gasteiger partial charge in [-0.2, -0.15) is 0 Å². The van der Waals surface area contributed by atoms with Crippen LogP contribution in [0.4, 0.5) is 5.69 Å². The Balaban J connectivity index is 3.16. The highest BCUT2D eigenvalue weighted by Gasteiger charge is 2.26. The van der Waals surface area contributed by atoms with E-state index < -0.39 is 26.5 Å². The highest BCUT2D eigenvalue weighted by Crippen LogP contribution is 2.20. The molecule has 0 fully saturated rings. The van der Waals surface area contributed by atoms with Gasteiger partial charge in [-0.1, -0.05) is 6.92 Å². The van der Waals surface area contributed by atoms with Gasteiger partial charge in [0, 0.05) is 12.2 Å². The van der Waals surface area contributed by atoms with E-state index in [1.165, 1.54) is 13.0 Å². The van der Waals surface area contributed by atoms with Crippen LogP contribution in [-0.2, 0) is 10.0 Å². The van der Waals surface area contributed by atoms with Gasteiger partial charge >= 0.3 is 5.97 Å². The van der Waals surface area contributed by atoms with Gasteiger partial charge in [-0.15, -0.1) is 0 Å². The molecule has 0 spiro atoms. The van der Waals surface area contributed by atoms with Crippen molar-refractivity contribution in [1.29, 1.82) is 0 Å². The number of carboxylic acids is 1. The van der Waals surface area contributed by atoms with Crippen LogP contribution in [-0.4, -0.2) is 36.7 Å². The van der Waals surface area contributed by atoms with E-state index in [9.17, 15) is 18.3 Å². The lowest BCUT2D eigenvalue weighted by molar-refractivity contribution is 0.0613. The second kappa shape index (κ2) is 5.78. The number of carboxylic acid groups (broad SMARTS) is 1. The maximum absolute atomic E-state index is 12.1. The summed E-state index contributed by atoms with van der Waals surface area (Å²) in [6.45, 7) is 2.96. The van der Waals surface area contributed by atoms with Crippen molar-refractivity contribution < 1.29 is 23.4 Å². The molecule has 0 bridgehead atoms. The van der Waals surface area contributed by atoms with Crippen LogP contribution < -0.4 is 10.5 Å². The van der Waals surface area contributed by atoms with E-state index >= 15 is 0 Å². The molecule has 0 heterocycles. The smallest absolute Gasteiger partial charge is 0.337 e. The number of nitrogens with two attached hydrogens (primary N) is 1. The number of benzene rings is 1. The van der Waals surface area contributed by atoms with Crippen molar-refractivity contribution in [3.8, 4) is 0 Å². The molecule has 1 aromatic carbocycles. The molecular formula is C12H18N2O5S. The molecule has 1 atom stereocenters. The Labute approximate surface area is 117 Å². The summed E-state index contributed by atoms with van der Waals surface area (Å²) >= 11 is 0. The van der Waals surface area contributed by atoms with E-state index in [1.54, 1.807) is 6.92 Å². The lowest BCUT2D eigenvalue weighted by atomic mass is 10.1. The molecule has 1 rings (SSSR count). The molecule has 5 N–H and O–H groups in total. The summed E-state index contributed by atoms with van der Waals surface area (Å²) in [7, 11) is -4.07. The summed E-state index contributed by atoms with van der Waals surface area (Å²) in [5.41, 5.74) is 4.05. The lowest BCUT2D eigenvalue weighted by Gasteiger charge is -2.21. The highest BCUT2D eigenvalue weighted by molar-refractivity contribution is 7.89. The molecule has 0 saturated carbocycles. The summed E-state index contributed by atoms with van der Waals surface area (Å²) in [5.74, 6) is -1.37. The van der Waals surface area contributed by atoms with Crippen LogP contribution in [0, 0.1) is 0 Å². The minimum absolute atomic E-state index is 0.137. The van der Waals surface area contributed by atoms with Crippen LogP contribution in [0.5, 0.6) is 0 Å². The first-order valence-electron chi connectivity index (χ1n) is 5.94. The quantitative estimate of drug-likeness (QED) is 0.563. The van der Waals surface area contributed by atoms with Crippen molar-refractivity contribution in [2.75, 3.05) is 12.3 Å². The molecular weight excluding hydrogens is 284 g/mol. The summed E-state index contributed by atoms with van der Waals surface area (Å²) in [4.78, 5) is 10.6. The number of anilines is 1. The molecule has 0 aliphatic rings. The molecule has 0 aromatic heterocycles. The number of carbonyl (C=O) groups is 1. The third-order valence-electron chi connectivity index (χ3n) is 2.93. The van der Waals surface area contributed by atoms with Crippen LogP contribution >= 0.6 is 0 Å². The number of nitrogen functional groups attached to an aromatic ring is 1. The van der Waals surface area contributed by atoms with E-state index in [2.05, 4.69) is 4.72 Å². The summed E-state index contributed by atoms with van der Waals surface area (Å²) < 4.78 is 26.5. The molecule has 112 valence electrons. The first kappa shape index (κ1) is 16.4. The highest BCUT2D eigenvalue weighted by atomic mass is 32.2. The first-order valence-corrected chi connectivity index (χ1v) is 7.42. The topological polar surface area (TPSA) is 130 Å². The number of aliphatic hydroxyl groups is 1. The van der Waals surface area contributed by atoms with Gasteiger partial charge in [0.25, 0.3) is 0 Å². The molecule has 0 radical (unpaired) electrons. The maximum Gasteiger partial charge on any atom is 0.337 e. The Kier molecular flexibility index (Phi) is 4.74. The van der Waals surface area contributed by atoms with E-state index in [0.717, 1.165) is 12.1 Å². The minimum atomic E-state index is -4.07. The average molecular weight is 302 g/mol. The number of aromatic carboxylic acids is 1. The average Bonchev–Trinajstić information content (AvgIpc) is 2.36. The summed E-state index contributed by atoms with van der Waals surface area (Å²) in [6.07, 6.45) is 0.345. The second-order valence-corrected chi connectivity index (χ2v) is 6.47. The van der Waals surface area contributed by atoms with Crippen molar-refractivity contribution in [3.05, 3.63) is 23.8 Å². The van der Waals surface area contributed by atoms with Crippen molar-refractivity contribution in [2.24, 2.45) is 0 Å². The second-order valence-electron chi connectivity index (χ2n) is 4.74. The predicted octanol–water partition coefficient (Wildman–Crippen LogP) is 0.406. The van der Waals surface area contributed by atoms with Crippen molar-refractivity contribution in [1.82, 2.24) is 4.72 Å². The van der Waals surface area contributed by atoms with Crippen LogP contribution in [0.3, 0.4) is 0 Å². The standard InChI is InChI=1S/C12H18N2O5S/c1-3-12(2,17)7-14-20(18,19)10-6-8(13)4-5-9(10)11(15)16/h4-6,14,17H,3,7,13H2,1-2H3,(H,15,16). The van der Waals surface area contributed by atoms with E-state index in [4.69, 9.17) is 10.8 Å². The summed E-state index contributed by atoms with van der Waals surface area (Å²) in [5, 5.41) is 18.8. The Morgan fingerprint density at radius 1 is 1.45 bits per heavy atom. The van der Waals surface area contributed by atoms with Gasteiger partial charge in [0.05, 0.1) is 16.1 Å². The maximum atomic E-state index is 12.1.